The normalized spacial score (nSPS) is 25.7. The first kappa shape index (κ1) is 22.1. The van der Waals surface area contributed by atoms with Gasteiger partial charge in [0.1, 0.15) is 0 Å². The molecular weight excluding hydrogens is 390 g/mol. The molecule has 1 aromatic rings. The van der Waals surface area contributed by atoms with E-state index in [0.717, 1.165) is 0 Å². The lowest BCUT2D eigenvalue weighted by atomic mass is 9.89. The van der Waals surface area contributed by atoms with Crippen LogP contribution in [0.1, 0.15) is 44.5 Å². The third kappa shape index (κ3) is 4.93. The first-order valence-electron chi connectivity index (χ1n) is 10.2. The van der Waals surface area contributed by atoms with Crippen molar-refractivity contribution in [1.29, 1.82) is 0 Å². The zero-order valence-electron chi connectivity index (χ0n) is 17.8. The second-order valence-electron chi connectivity index (χ2n) is 9.77. The van der Waals surface area contributed by atoms with Gasteiger partial charge in [0.2, 0.25) is 5.91 Å². The van der Waals surface area contributed by atoms with Crippen molar-refractivity contribution in [2.24, 2.45) is 5.41 Å². The van der Waals surface area contributed by atoms with Crippen LogP contribution in [0.15, 0.2) is 24.3 Å². The highest BCUT2D eigenvalue weighted by atomic mass is 35.5. The SMILES string of the molecule is CC(C)(C)CC(=O)N1CCN2C(C1)CN(C(=O)c1ccc(Cl)cc1)CC2(C)CO. The van der Waals surface area contributed by atoms with Gasteiger partial charge in [-0.2, -0.15) is 0 Å². The molecule has 160 valence electrons. The molecule has 6 nitrogen and oxygen atoms in total. The average Bonchev–Trinajstić information content (AvgIpc) is 2.66. The van der Waals surface area contributed by atoms with Crippen LogP contribution in [-0.4, -0.2) is 82.5 Å². The lowest BCUT2D eigenvalue weighted by Crippen LogP contribution is -2.72. The van der Waals surface area contributed by atoms with E-state index in [9.17, 15) is 14.7 Å². The largest absolute Gasteiger partial charge is 0.394 e. The topological polar surface area (TPSA) is 64.1 Å². The van der Waals surface area contributed by atoms with Gasteiger partial charge in [0.25, 0.3) is 5.91 Å². The summed E-state index contributed by atoms with van der Waals surface area (Å²) in [5.74, 6) is 0.0862. The number of benzene rings is 1. The Kier molecular flexibility index (Phi) is 6.27. The van der Waals surface area contributed by atoms with Crippen molar-refractivity contribution in [3.05, 3.63) is 34.9 Å². The molecule has 2 amide bonds. The number of rotatable bonds is 3. The second-order valence-corrected chi connectivity index (χ2v) is 10.2. The minimum atomic E-state index is -0.524. The molecule has 0 aliphatic carbocycles. The first-order valence-corrected chi connectivity index (χ1v) is 10.6. The highest BCUT2D eigenvalue weighted by molar-refractivity contribution is 6.30. The van der Waals surface area contributed by atoms with Crippen molar-refractivity contribution in [1.82, 2.24) is 14.7 Å². The lowest BCUT2D eigenvalue weighted by molar-refractivity contribution is -0.141. The van der Waals surface area contributed by atoms with Crippen LogP contribution < -0.4 is 0 Å². The van der Waals surface area contributed by atoms with Crippen LogP contribution in [0.3, 0.4) is 0 Å². The summed E-state index contributed by atoms with van der Waals surface area (Å²) in [5, 5.41) is 10.7. The molecule has 2 heterocycles. The van der Waals surface area contributed by atoms with Crippen LogP contribution in [-0.2, 0) is 4.79 Å². The minimum absolute atomic E-state index is 0.00909. The molecule has 2 atom stereocenters. The molecule has 0 aromatic heterocycles. The Balaban J connectivity index is 1.78. The van der Waals surface area contributed by atoms with Gasteiger partial charge in [0, 0.05) is 55.8 Å². The minimum Gasteiger partial charge on any atom is -0.394 e. The second kappa shape index (κ2) is 8.25. The van der Waals surface area contributed by atoms with E-state index in [2.05, 4.69) is 25.7 Å². The third-order valence-corrected chi connectivity index (χ3v) is 6.14. The molecule has 3 rings (SSSR count). The van der Waals surface area contributed by atoms with E-state index in [4.69, 9.17) is 11.6 Å². The summed E-state index contributed by atoms with van der Waals surface area (Å²) in [7, 11) is 0. The summed E-state index contributed by atoms with van der Waals surface area (Å²) < 4.78 is 0. The fourth-order valence-corrected chi connectivity index (χ4v) is 4.53. The molecule has 0 bridgehead atoms. The van der Waals surface area contributed by atoms with Crippen LogP contribution in [0.5, 0.6) is 0 Å². The summed E-state index contributed by atoms with van der Waals surface area (Å²) in [6.45, 7) is 11.1. The molecule has 1 N–H and O–H groups in total. The van der Waals surface area contributed by atoms with Gasteiger partial charge in [-0.25, -0.2) is 0 Å². The average molecular weight is 422 g/mol. The third-order valence-electron chi connectivity index (χ3n) is 5.89. The Hall–Kier alpha value is -1.63. The van der Waals surface area contributed by atoms with Crippen molar-refractivity contribution >= 4 is 23.4 Å². The summed E-state index contributed by atoms with van der Waals surface area (Å²) in [6.07, 6.45) is 0.504. The maximum absolute atomic E-state index is 13.1. The standard InChI is InChI=1S/C22H32ClN3O3/c1-21(2,3)11-19(28)24-9-10-26-18(12-24)13-25(14-22(26,4)15-27)20(29)16-5-7-17(23)8-6-16/h5-8,18,27H,9-15H2,1-4H3. The quantitative estimate of drug-likeness (QED) is 0.814. The molecule has 0 saturated carbocycles. The molecule has 29 heavy (non-hydrogen) atoms. The zero-order valence-corrected chi connectivity index (χ0v) is 18.6. The zero-order chi connectivity index (χ0) is 21.4. The molecule has 2 aliphatic rings. The van der Waals surface area contributed by atoms with E-state index in [1.165, 1.54) is 0 Å². The van der Waals surface area contributed by atoms with Crippen molar-refractivity contribution < 1.29 is 14.7 Å². The first-order chi connectivity index (χ1) is 13.5. The maximum Gasteiger partial charge on any atom is 0.253 e. The Bertz CT molecular complexity index is 762. The van der Waals surface area contributed by atoms with Crippen LogP contribution in [0, 0.1) is 5.41 Å². The van der Waals surface area contributed by atoms with E-state index in [-0.39, 0.29) is 29.9 Å². The highest BCUT2D eigenvalue weighted by Crippen LogP contribution is 2.30. The smallest absolute Gasteiger partial charge is 0.253 e. The van der Waals surface area contributed by atoms with Gasteiger partial charge in [0.05, 0.1) is 12.1 Å². The molecule has 2 aliphatic heterocycles. The van der Waals surface area contributed by atoms with Gasteiger partial charge in [0.15, 0.2) is 0 Å². The van der Waals surface area contributed by atoms with Crippen LogP contribution in [0.25, 0.3) is 0 Å². The van der Waals surface area contributed by atoms with Gasteiger partial charge in [-0.3, -0.25) is 14.5 Å². The van der Waals surface area contributed by atoms with Crippen LogP contribution in [0.4, 0.5) is 0 Å². The Labute approximate surface area is 178 Å². The Morgan fingerprint density at radius 3 is 2.34 bits per heavy atom. The number of halogens is 1. The predicted octanol–water partition coefficient (Wildman–Crippen LogP) is 2.50. The number of aliphatic hydroxyl groups is 1. The van der Waals surface area contributed by atoms with Crippen molar-refractivity contribution in [3.8, 4) is 0 Å². The van der Waals surface area contributed by atoms with Crippen molar-refractivity contribution in [2.45, 2.75) is 45.7 Å². The monoisotopic (exact) mass is 421 g/mol. The lowest BCUT2D eigenvalue weighted by Gasteiger charge is -2.56. The van der Waals surface area contributed by atoms with Gasteiger partial charge >= 0.3 is 0 Å². The van der Waals surface area contributed by atoms with E-state index >= 15 is 0 Å². The number of carbonyl (C=O) groups is 2. The predicted molar refractivity (Wildman–Crippen MR) is 114 cm³/mol. The number of piperazine rings is 2. The number of hydrogen-bond donors (Lipinski definition) is 1. The highest BCUT2D eigenvalue weighted by Gasteiger charge is 2.46. The van der Waals surface area contributed by atoms with Crippen molar-refractivity contribution in [3.63, 3.8) is 0 Å². The number of aliphatic hydroxyl groups excluding tert-OH is 1. The number of carbonyl (C=O) groups excluding carboxylic acids is 2. The van der Waals surface area contributed by atoms with Crippen LogP contribution in [0.2, 0.25) is 5.02 Å². The van der Waals surface area contributed by atoms with Crippen LogP contribution >= 0.6 is 11.6 Å². The van der Waals surface area contributed by atoms with E-state index in [1.807, 2.05) is 11.8 Å². The van der Waals surface area contributed by atoms with Crippen molar-refractivity contribution in [2.75, 3.05) is 39.3 Å². The van der Waals surface area contributed by atoms with E-state index in [1.54, 1.807) is 29.2 Å². The molecule has 0 radical (unpaired) electrons. The Morgan fingerprint density at radius 2 is 1.76 bits per heavy atom. The maximum atomic E-state index is 13.1. The van der Waals surface area contributed by atoms with Gasteiger partial charge in [-0.15, -0.1) is 0 Å². The Morgan fingerprint density at radius 1 is 1.14 bits per heavy atom. The fraction of sp³-hybridized carbons (Fsp3) is 0.636. The molecule has 0 spiro atoms. The fourth-order valence-electron chi connectivity index (χ4n) is 4.41. The van der Waals surface area contributed by atoms with E-state index in [0.29, 0.717) is 49.7 Å². The molecule has 2 unspecified atom stereocenters. The van der Waals surface area contributed by atoms with Gasteiger partial charge in [-0.1, -0.05) is 32.4 Å². The number of amides is 2. The number of fused-ring (bicyclic) bond motifs is 1. The van der Waals surface area contributed by atoms with Gasteiger partial charge < -0.3 is 14.9 Å². The molecule has 7 heteroatoms. The summed E-state index contributed by atoms with van der Waals surface area (Å²) in [4.78, 5) is 31.8. The van der Waals surface area contributed by atoms with E-state index < -0.39 is 5.54 Å². The summed E-state index contributed by atoms with van der Waals surface area (Å²) in [5.41, 5.74) is 0.000781. The molecule has 1 aromatic carbocycles. The summed E-state index contributed by atoms with van der Waals surface area (Å²) >= 11 is 5.95. The number of hydrogen-bond acceptors (Lipinski definition) is 4. The molecule has 2 saturated heterocycles. The van der Waals surface area contributed by atoms with Gasteiger partial charge in [-0.05, 0) is 36.6 Å². The number of nitrogens with zero attached hydrogens (tertiary/aromatic N) is 3. The summed E-state index contributed by atoms with van der Waals surface area (Å²) in [6, 6.07) is 6.89. The molecule has 2 fully saturated rings. The molecular formula is C22H32ClN3O3.